The number of fused-ring (bicyclic) bond motifs is 1. The molecular formula is C20H17N3OS. The van der Waals surface area contributed by atoms with E-state index in [4.69, 9.17) is 0 Å². The van der Waals surface area contributed by atoms with Gasteiger partial charge in [-0.2, -0.15) is 5.10 Å². The van der Waals surface area contributed by atoms with E-state index in [9.17, 15) is 4.79 Å². The van der Waals surface area contributed by atoms with E-state index in [1.165, 1.54) is 15.6 Å². The van der Waals surface area contributed by atoms with Crippen LogP contribution in [0.15, 0.2) is 72.4 Å². The van der Waals surface area contributed by atoms with E-state index in [1.807, 2.05) is 36.5 Å². The van der Waals surface area contributed by atoms with Gasteiger partial charge in [-0.25, -0.2) is 4.68 Å². The molecule has 0 unspecified atom stereocenters. The Morgan fingerprint density at radius 3 is 2.80 bits per heavy atom. The zero-order chi connectivity index (χ0) is 17.1. The van der Waals surface area contributed by atoms with Crippen molar-refractivity contribution in [3.63, 3.8) is 0 Å². The lowest BCUT2D eigenvalue weighted by atomic mass is 10.1. The summed E-state index contributed by atoms with van der Waals surface area (Å²) in [4.78, 5) is 12.6. The summed E-state index contributed by atoms with van der Waals surface area (Å²) in [6.07, 6.45) is 4.36. The minimum atomic E-state index is -0.0781. The van der Waals surface area contributed by atoms with E-state index in [0.717, 1.165) is 12.1 Å². The quantitative estimate of drug-likeness (QED) is 0.592. The highest BCUT2D eigenvalue weighted by Gasteiger charge is 2.12. The summed E-state index contributed by atoms with van der Waals surface area (Å²) in [6.45, 7) is 0.604. The molecule has 0 aliphatic heterocycles. The Kier molecular flexibility index (Phi) is 4.31. The number of nitrogens with one attached hydrogen (secondary N) is 1. The van der Waals surface area contributed by atoms with Gasteiger partial charge >= 0.3 is 0 Å². The van der Waals surface area contributed by atoms with E-state index in [-0.39, 0.29) is 5.91 Å². The highest BCUT2D eigenvalue weighted by molar-refractivity contribution is 7.17. The molecule has 0 saturated carbocycles. The molecule has 2 aromatic heterocycles. The van der Waals surface area contributed by atoms with Gasteiger partial charge in [0.1, 0.15) is 0 Å². The highest BCUT2D eigenvalue weighted by Crippen LogP contribution is 2.25. The van der Waals surface area contributed by atoms with Crippen LogP contribution in [0.3, 0.4) is 0 Å². The van der Waals surface area contributed by atoms with Gasteiger partial charge in [-0.1, -0.05) is 30.3 Å². The highest BCUT2D eigenvalue weighted by atomic mass is 32.1. The molecule has 0 saturated heterocycles. The van der Waals surface area contributed by atoms with Gasteiger partial charge in [-0.3, -0.25) is 4.79 Å². The molecule has 1 N–H and O–H groups in total. The molecule has 0 aliphatic rings. The third kappa shape index (κ3) is 3.19. The van der Waals surface area contributed by atoms with Crippen LogP contribution in [0.25, 0.3) is 15.8 Å². The first kappa shape index (κ1) is 15.6. The Labute approximate surface area is 149 Å². The lowest BCUT2D eigenvalue weighted by Gasteiger charge is -2.10. The lowest BCUT2D eigenvalue weighted by molar-refractivity contribution is 0.0954. The van der Waals surface area contributed by atoms with Gasteiger partial charge in [0.05, 0.1) is 11.3 Å². The SMILES string of the molecule is O=C(NCCc1csc2ccccc12)c1ccccc1-n1cccn1. The van der Waals surface area contributed by atoms with Crippen LogP contribution in [0.5, 0.6) is 0 Å². The minimum Gasteiger partial charge on any atom is -0.352 e. The van der Waals surface area contributed by atoms with E-state index >= 15 is 0 Å². The second kappa shape index (κ2) is 6.91. The van der Waals surface area contributed by atoms with Gasteiger partial charge in [0, 0.05) is 23.6 Å². The average Bonchev–Trinajstić information content (AvgIpc) is 3.32. The molecule has 0 fully saturated rings. The Hall–Kier alpha value is -2.92. The van der Waals surface area contributed by atoms with Crippen molar-refractivity contribution in [2.45, 2.75) is 6.42 Å². The summed E-state index contributed by atoms with van der Waals surface area (Å²) in [5.74, 6) is -0.0781. The van der Waals surface area contributed by atoms with Crippen LogP contribution in [0, 0.1) is 0 Å². The van der Waals surface area contributed by atoms with Crippen LogP contribution in [-0.4, -0.2) is 22.2 Å². The van der Waals surface area contributed by atoms with E-state index in [2.05, 4.69) is 40.1 Å². The maximum atomic E-state index is 12.6. The van der Waals surface area contributed by atoms with Crippen molar-refractivity contribution in [1.82, 2.24) is 15.1 Å². The zero-order valence-corrected chi connectivity index (χ0v) is 14.4. The van der Waals surface area contributed by atoms with Crippen LogP contribution in [0.2, 0.25) is 0 Å². The van der Waals surface area contributed by atoms with Crippen molar-refractivity contribution in [2.75, 3.05) is 6.54 Å². The van der Waals surface area contributed by atoms with Crippen LogP contribution >= 0.6 is 11.3 Å². The summed E-state index contributed by atoms with van der Waals surface area (Å²) in [5.41, 5.74) is 2.69. The molecule has 0 radical (unpaired) electrons. The summed E-state index contributed by atoms with van der Waals surface area (Å²) in [6, 6.07) is 17.7. The molecule has 0 bridgehead atoms. The second-order valence-electron chi connectivity index (χ2n) is 5.73. The Morgan fingerprint density at radius 2 is 1.92 bits per heavy atom. The monoisotopic (exact) mass is 347 g/mol. The molecule has 4 nitrogen and oxygen atoms in total. The average molecular weight is 347 g/mol. The number of rotatable bonds is 5. The molecule has 2 aromatic carbocycles. The van der Waals surface area contributed by atoms with Crippen molar-refractivity contribution < 1.29 is 4.79 Å². The van der Waals surface area contributed by atoms with Gasteiger partial charge in [-0.05, 0) is 47.0 Å². The number of benzene rings is 2. The smallest absolute Gasteiger partial charge is 0.253 e. The van der Waals surface area contributed by atoms with Crippen molar-refractivity contribution in [2.24, 2.45) is 0 Å². The first-order chi connectivity index (χ1) is 12.3. The fourth-order valence-electron chi connectivity index (χ4n) is 2.91. The first-order valence-electron chi connectivity index (χ1n) is 8.15. The van der Waals surface area contributed by atoms with E-state index in [1.54, 1.807) is 22.2 Å². The predicted octanol–water partition coefficient (Wildman–Crippen LogP) is 4.06. The van der Waals surface area contributed by atoms with Crippen molar-refractivity contribution in [1.29, 1.82) is 0 Å². The van der Waals surface area contributed by atoms with E-state index < -0.39 is 0 Å². The molecule has 124 valence electrons. The topological polar surface area (TPSA) is 46.9 Å². The third-order valence-electron chi connectivity index (χ3n) is 4.14. The van der Waals surface area contributed by atoms with Crippen LogP contribution in [-0.2, 0) is 6.42 Å². The summed E-state index contributed by atoms with van der Waals surface area (Å²) < 4.78 is 2.99. The molecule has 4 aromatic rings. The fourth-order valence-corrected chi connectivity index (χ4v) is 3.91. The molecule has 0 spiro atoms. The van der Waals surface area contributed by atoms with Crippen molar-refractivity contribution in [3.8, 4) is 5.69 Å². The van der Waals surface area contributed by atoms with Gasteiger partial charge < -0.3 is 5.32 Å². The number of carbonyl (C=O) groups is 1. The Morgan fingerprint density at radius 1 is 1.08 bits per heavy atom. The van der Waals surface area contributed by atoms with Crippen LogP contribution in [0.1, 0.15) is 15.9 Å². The lowest BCUT2D eigenvalue weighted by Crippen LogP contribution is -2.26. The molecule has 4 rings (SSSR count). The fraction of sp³-hybridized carbons (Fsp3) is 0.100. The molecule has 1 amide bonds. The number of para-hydroxylation sites is 1. The Bertz CT molecular complexity index is 1000. The number of carbonyl (C=O) groups excluding carboxylic acids is 1. The minimum absolute atomic E-state index is 0.0781. The summed E-state index contributed by atoms with van der Waals surface area (Å²) in [7, 11) is 0. The van der Waals surface area contributed by atoms with Crippen LogP contribution in [0.4, 0.5) is 0 Å². The standard InChI is InChI=1S/C20H17N3OS/c24-20(17-7-1-3-8-18(17)23-13-5-11-22-23)21-12-10-15-14-25-19-9-4-2-6-16(15)19/h1-9,11,13-14H,10,12H2,(H,21,24). The first-order valence-corrected chi connectivity index (χ1v) is 9.03. The Balaban J connectivity index is 1.46. The molecule has 2 heterocycles. The number of amides is 1. The van der Waals surface area contributed by atoms with Gasteiger partial charge in [0.15, 0.2) is 0 Å². The second-order valence-corrected chi connectivity index (χ2v) is 6.64. The van der Waals surface area contributed by atoms with Crippen molar-refractivity contribution >= 4 is 27.3 Å². The number of nitrogens with zero attached hydrogens (tertiary/aromatic N) is 2. The van der Waals surface area contributed by atoms with Gasteiger partial charge in [0.25, 0.3) is 5.91 Å². The molecule has 0 atom stereocenters. The van der Waals surface area contributed by atoms with E-state index in [0.29, 0.717) is 12.1 Å². The summed E-state index contributed by atoms with van der Waals surface area (Å²) >= 11 is 1.75. The number of hydrogen-bond acceptors (Lipinski definition) is 3. The number of thiophene rings is 1. The number of aromatic nitrogens is 2. The molecule has 25 heavy (non-hydrogen) atoms. The molecule has 0 aliphatic carbocycles. The van der Waals surface area contributed by atoms with Gasteiger partial charge in [0.2, 0.25) is 0 Å². The maximum absolute atomic E-state index is 12.6. The predicted molar refractivity (Wildman–Crippen MR) is 101 cm³/mol. The largest absolute Gasteiger partial charge is 0.352 e. The van der Waals surface area contributed by atoms with Crippen LogP contribution < -0.4 is 5.32 Å². The normalized spacial score (nSPS) is 10.9. The summed E-state index contributed by atoms with van der Waals surface area (Å²) in [5, 5.41) is 10.7. The third-order valence-corrected chi connectivity index (χ3v) is 5.15. The van der Waals surface area contributed by atoms with Crippen molar-refractivity contribution in [3.05, 3.63) is 83.5 Å². The molecule has 5 heteroatoms. The zero-order valence-electron chi connectivity index (χ0n) is 13.6. The molecular weight excluding hydrogens is 330 g/mol. The maximum Gasteiger partial charge on any atom is 0.253 e. The number of hydrogen-bond donors (Lipinski definition) is 1. The van der Waals surface area contributed by atoms with Gasteiger partial charge in [-0.15, -0.1) is 11.3 Å².